The summed E-state index contributed by atoms with van der Waals surface area (Å²) in [7, 11) is 1.46. The number of rotatable bonds is 4. The topological polar surface area (TPSA) is 114 Å². The zero-order valence-electron chi connectivity index (χ0n) is 22.8. The van der Waals surface area contributed by atoms with E-state index in [4.69, 9.17) is 27.8 Å². The summed E-state index contributed by atoms with van der Waals surface area (Å²) in [5.74, 6) is -0.570. The Balaban J connectivity index is 1.67. The fourth-order valence-electron chi connectivity index (χ4n) is 5.62. The van der Waals surface area contributed by atoms with Gasteiger partial charge in [0, 0.05) is 17.7 Å². The molecule has 40 heavy (non-hydrogen) atoms. The Morgan fingerprint density at radius 3 is 2.73 bits per heavy atom. The third-order valence-corrected chi connectivity index (χ3v) is 7.29. The van der Waals surface area contributed by atoms with Gasteiger partial charge in [-0.1, -0.05) is 13.0 Å². The number of carbonyl (C=O) groups is 1. The molecule has 2 aromatic heterocycles. The first kappa shape index (κ1) is 25.7. The molecule has 2 aliphatic heterocycles. The Morgan fingerprint density at radius 1 is 1.18 bits per heavy atom. The lowest BCUT2D eigenvalue weighted by Gasteiger charge is -2.37. The van der Waals surface area contributed by atoms with Crippen LogP contribution in [0.25, 0.3) is 34.4 Å². The SMILES string of the molecule is CCOC(=O)c1oc2c(c(=O)c1-c1cc(=O)c3cc4c(c(OC)c3o1)OC(C)(C)CC4C)=CC1=CC=COC1C=2. The van der Waals surface area contributed by atoms with Crippen molar-refractivity contribution in [2.75, 3.05) is 13.7 Å². The minimum absolute atomic E-state index is 0.0469. The van der Waals surface area contributed by atoms with Crippen molar-refractivity contribution in [1.82, 2.24) is 0 Å². The van der Waals surface area contributed by atoms with Crippen LogP contribution in [-0.4, -0.2) is 31.4 Å². The fraction of sp³-hybridized carbons (Fsp3) is 0.323. The van der Waals surface area contributed by atoms with Crippen LogP contribution in [-0.2, 0) is 9.47 Å². The van der Waals surface area contributed by atoms with Gasteiger partial charge in [-0.2, -0.15) is 0 Å². The maximum Gasteiger partial charge on any atom is 0.375 e. The highest BCUT2D eigenvalue weighted by Crippen LogP contribution is 2.49. The standard InChI is InChI=1S/C31H28O9/c1-6-36-30(34)28-24(25(33)19-10-16-8-7-9-37-21(16)13-22(19)38-28)23-12-20(32)18-11-17-15(2)14-31(3,4)40-27(17)29(35-5)26(18)39-23/h7-13,15,21H,6,14H2,1-5H3. The molecule has 0 saturated heterocycles. The van der Waals surface area contributed by atoms with Gasteiger partial charge in [0.15, 0.2) is 16.8 Å². The summed E-state index contributed by atoms with van der Waals surface area (Å²) in [5.41, 5.74) is 0.171. The second kappa shape index (κ2) is 9.29. The van der Waals surface area contributed by atoms with Crippen LogP contribution in [0, 0.1) is 0 Å². The summed E-state index contributed by atoms with van der Waals surface area (Å²) in [6.07, 6.45) is 8.61. The second-order valence-corrected chi connectivity index (χ2v) is 10.6. The van der Waals surface area contributed by atoms with Crippen molar-refractivity contribution in [2.24, 2.45) is 0 Å². The van der Waals surface area contributed by atoms with E-state index in [-0.39, 0.29) is 57.0 Å². The van der Waals surface area contributed by atoms with E-state index in [0.717, 1.165) is 17.6 Å². The molecule has 6 rings (SSSR count). The molecule has 0 radical (unpaired) electrons. The number of fused-ring (bicyclic) bond motifs is 4. The van der Waals surface area contributed by atoms with Crippen LogP contribution < -0.4 is 31.0 Å². The number of methoxy groups -OCH3 is 1. The van der Waals surface area contributed by atoms with Gasteiger partial charge in [0.05, 0.1) is 30.6 Å². The Hall–Kier alpha value is -4.53. The molecule has 2 unspecified atom stereocenters. The van der Waals surface area contributed by atoms with Crippen LogP contribution in [0.4, 0.5) is 0 Å². The first-order valence-electron chi connectivity index (χ1n) is 13.1. The van der Waals surface area contributed by atoms with Crippen molar-refractivity contribution in [1.29, 1.82) is 0 Å². The Labute approximate surface area is 228 Å². The predicted octanol–water partition coefficient (Wildman–Crippen LogP) is 3.68. The quantitative estimate of drug-likeness (QED) is 0.454. The van der Waals surface area contributed by atoms with Gasteiger partial charge in [-0.25, -0.2) is 4.79 Å². The van der Waals surface area contributed by atoms with E-state index in [1.165, 1.54) is 19.4 Å². The van der Waals surface area contributed by atoms with E-state index in [2.05, 4.69) is 6.92 Å². The monoisotopic (exact) mass is 544 g/mol. The maximum absolute atomic E-state index is 14.0. The fourth-order valence-corrected chi connectivity index (χ4v) is 5.62. The Morgan fingerprint density at radius 2 is 1.98 bits per heavy atom. The molecule has 0 N–H and O–H groups in total. The van der Waals surface area contributed by atoms with E-state index in [9.17, 15) is 14.4 Å². The van der Waals surface area contributed by atoms with Crippen molar-refractivity contribution in [2.45, 2.75) is 51.7 Å². The molecule has 206 valence electrons. The van der Waals surface area contributed by atoms with Crippen LogP contribution in [0.15, 0.2) is 54.5 Å². The largest absolute Gasteiger partial charge is 0.490 e. The van der Waals surface area contributed by atoms with Crippen molar-refractivity contribution in [3.63, 3.8) is 0 Å². The molecule has 0 bridgehead atoms. The average molecular weight is 545 g/mol. The lowest BCUT2D eigenvalue weighted by molar-refractivity contribution is 0.0485. The molecule has 0 fully saturated rings. The summed E-state index contributed by atoms with van der Waals surface area (Å²) >= 11 is 0. The van der Waals surface area contributed by atoms with Gasteiger partial charge in [0.2, 0.25) is 16.9 Å². The second-order valence-electron chi connectivity index (χ2n) is 10.6. The maximum atomic E-state index is 14.0. The lowest BCUT2D eigenvalue weighted by atomic mass is 9.85. The van der Waals surface area contributed by atoms with Crippen molar-refractivity contribution in [3.05, 3.63) is 78.5 Å². The van der Waals surface area contributed by atoms with E-state index in [1.54, 1.807) is 31.2 Å². The highest BCUT2D eigenvalue weighted by atomic mass is 16.5. The number of ether oxygens (including phenoxy) is 4. The molecule has 0 saturated carbocycles. The van der Waals surface area contributed by atoms with Crippen LogP contribution in [0.2, 0.25) is 0 Å². The molecule has 0 amide bonds. The number of hydrogen-bond acceptors (Lipinski definition) is 9. The molecule has 3 aliphatic rings. The molecule has 9 heteroatoms. The van der Waals surface area contributed by atoms with E-state index in [1.807, 2.05) is 19.9 Å². The summed E-state index contributed by atoms with van der Waals surface area (Å²) in [5, 5.41) is 0.470. The first-order chi connectivity index (χ1) is 19.1. The smallest absolute Gasteiger partial charge is 0.375 e. The molecule has 9 nitrogen and oxygen atoms in total. The molecular formula is C31H28O9. The van der Waals surface area contributed by atoms with E-state index in [0.29, 0.717) is 5.75 Å². The molecular weight excluding hydrogens is 516 g/mol. The van der Waals surface area contributed by atoms with Gasteiger partial charge in [0.1, 0.15) is 28.4 Å². The van der Waals surface area contributed by atoms with Crippen LogP contribution in [0.5, 0.6) is 11.5 Å². The average Bonchev–Trinajstić information content (AvgIpc) is 2.90. The highest BCUT2D eigenvalue weighted by molar-refractivity contribution is 5.95. The van der Waals surface area contributed by atoms with Crippen LogP contribution in [0.1, 0.15) is 56.2 Å². The lowest BCUT2D eigenvalue weighted by Crippen LogP contribution is -2.45. The highest BCUT2D eigenvalue weighted by Gasteiger charge is 2.36. The van der Waals surface area contributed by atoms with Crippen molar-refractivity contribution < 1.29 is 32.6 Å². The molecule has 2 atom stereocenters. The molecule has 1 aromatic carbocycles. The third-order valence-electron chi connectivity index (χ3n) is 7.29. The van der Waals surface area contributed by atoms with E-state index >= 15 is 0 Å². The molecule has 1 aliphatic carbocycles. The summed E-state index contributed by atoms with van der Waals surface area (Å²) in [6.45, 7) is 7.71. The first-order valence-corrected chi connectivity index (χ1v) is 13.1. The van der Waals surface area contributed by atoms with Gasteiger partial charge in [-0.15, -0.1) is 0 Å². The van der Waals surface area contributed by atoms with Gasteiger partial charge >= 0.3 is 5.97 Å². The van der Waals surface area contributed by atoms with Gasteiger partial charge < -0.3 is 27.8 Å². The van der Waals surface area contributed by atoms with Crippen LogP contribution >= 0.6 is 0 Å². The molecule has 4 heterocycles. The number of esters is 1. The van der Waals surface area contributed by atoms with Crippen LogP contribution in [0.3, 0.4) is 0 Å². The Bertz CT molecular complexity index is 1880. The van der Waals surface area contributed by atoms with Gasteiger partial charge in [-0.3, -0.25) is 9.59 Å². The Kier molecular flexibility index (Phi) is 5.98. The summed E-state index contributed by atoms with van der Waals surface area (Å²) < 4.78 is 35.0. The zero-order valence-corrected chi connectivity index (χ0v) is 22.8. The summed E-state index contributed by atoms with van der Waals surface area (Å²) in [6, 6.07) is 2.94. The minimum atomic E-state index is -0.865. The number of allylic oxidation sites excluding steroid dienone is 2. The zero-order chi connectivity index (χ0) is 28.3. The third kappa shape index (κ3) is 4.04. The van der Waals surface area contributed by atoms with Gasteiger partial charge in [0.25, 0.3) is 0 Å². The molecule has 3 aromatic rings. The van der Waals surface area contributed by atoms with Crippen molar-refractivity contribution in [3.8, 4) is 22.8 Å². The number of carbonyl (C=O) groups excluding carboxylic acids is 1. The predicted molar refractivity (Wildman–Crippen MR) is 147 cm³/mol. The van der Waals surface area contributed by atoms with E-state index < -0.39 is 28.5 Å². The summed E-state index contributed by atoms with van der Waals surface area (Å²) in [4.78, 5) is 40.5. The van der Waals surface area contributed by atoms with Gasteiger partial charge in [-0.05, 0) is 56.9 Å². The number of benzene rings is 1. The van der Waals surface area contributed by atoms with Crippen molar-refractivity contribution >= 4 is 29.1 Å². The number of hydrogen-bond donors (Lipinski definition) is 0. The normalized spacial score (nSPS) is 20.0. The minimum Gasteiger partial charge on any atom is -0.490 e. The molecule has 0 spiro atoms.